The highest BCUT2D eigenvalue weighted by atomic mass is 16.4. The number of nitrogens with one attached hydrogen (secondary N) is 1. The van der Waals surface area contributed by atoms with Gasteiger partial charge in [-0.3, -0.25) is 0 Å². The molecule has 1 atom stereocenters. The van der Waals surface area contributed by atoms with E-state index >= 15 is 0 Å². The monoisotopic (exact) mass is 195 g/mol. The largest absolute Gasteiger partial charge is 0.408 e. The second-order valence-electron chi connectivity index (χ2n) is 4.03. The lowest BCUT2D eigenvalue weighted by Crippen LogP contribution is -2.27. The van der Waals surface area contributed by atoms with Crippen molar-refractivity contribution in [1.82, 2.24) is 10.2 Å². The Kier molecular flexibility index (Phi) is 2.70. The van der Waals surface area contributed by atoms with Crippen molar-refractivity contribution in [3.05, 3.63) is 5.89 Å². The van der Waals surface area contributed by atoms with Crippen molar-refractivity contribution in [3.8, 4) is 0 Å². The molecule has 1 N–H and O–H groups in total. The molecular formula is C10H17N3O. The third-order valence-corrected chi connectivity index (χ3v) is 2.91. The fourth-order valence-electron chi connectivity index (χ4n) is 1.39. The van der Waals surface area contributed by atoms with Crippen LogP contribution in [0.3, 0.4) is 0 Å². The van der Waals surface area contributed by atoms with E-state index in [4.69, 9.17) is 4.42 Å². The lowest BCUT2D eigenvalue weighted by atomic mass is 9.93. The van der Waals surface area contributed by atoms with Crippen molar-refractivity contribution < 1.29 is 4.42 Å². The van der Waals surface area contributed by atoms with Crippen LogP contribution in [0.2, 0.25) is 0 Å². The predicted molar refractivity (Wildman–Crippen MR) is 54.3 cm³/mol. The fraction of sp³-hybridized carbons (Fsp3) is 0.800. The molecule has 4 heteroatoms. The molecule has 14 heavy (non-hydrogen) atoms. The van der Waals surface area contributed by atoms with Crippen LogP contribution in [0.1, 0.15) is 51.3 Å². The fourth-order valence-corrected chi connectivity index (χ4v) is 1.39. The van der Waals surface area contributed by atoms with Gasteiger partial charge in [-0.15, -0.1) is 5.10 Å². The molecule has 0 saturated heterocycles. The van der Waals surface area contributed by atoms with Crippen LogP contribution < -0.4 is 5.32 Å². The maximum Gasteiger partial charge on any atom is 0.315 e. The highest BCUT2D eigenvalue weighted by Crippen LogP contribution is 2.24. The van der Waals surface area contributed by atoms with Crippen molar-refractivity contribution in [1.29, 1.82) is 0 Å². The molecule has 0 spiro atoms. The van der Waals surface area contributed by atoms with Gasteiger partial charge in [0.2, 0.25) is 5.89 Å². The first-order chi connectivity index (χ1) is 6.79. The zero-order valence-corrected chi connectivity index (χ0v) is 8.79. The molecule has 1 heterocycles. The number of hydrogen-bond acceptors (Lipinski definition) is 4. The Bertz CT molecular complexity index is 293. The summed E-state index contributed by atoms with van der Waals surface area (Å²) >= 11 is 0. The molecule has 1 unspecified atom stereocenters. The first-order valence-electron chi connectivity index (χ1n) is 5.39. The molecule has 0 amide bonds. The minimum atomic E-state index is 0.361. The molecule has 1 aromatic rings. The molecule has 2 rings (SSSR count). The van der Waals surface area contributed by atoms with E-state index in [0.29, 0.717) is 18.0 Å². The van der Waals surface area contributed by atoms with Crippen LogP contribution in [0.5, 0.6) is 0 Å². The summed E-state index contributed by atoms with van der Waals surface area (Å²) in [6.45, 7) is 4.22. The van der Waals surface area contributed by atoms with Gasteiger partial charge in [0.05, 0.1) is 0 Å². The van der Waals surface area contributed by atoms with Crippen molar-refractivity contribution in [3.63, 3.8) is 0 Å². The van der Waals surface area contributed by atoms with Crippen molar-refractivity contribution in [2.75, 3.05) is 5.32 Å². The number of rotatable bonds is 4. The zero-order valence-electron chi connectivity index (χ0n) is 8.79. The van der Waals surface area contributed by atoms with E-state index in [2.05, 4.69) is 29.4 Å². The van der Waals surface area contributed by atoms with Crippen molar-refractivity contribution in [2.45, 2.75) is 51.5 Å². The molecular weight excluding hydrogens is 178 g/mol. The summed E-state index contributed by atoms with van der Waals surface area (Å²) in [5, 5.41) is 11.2. The lowest BCUT2D eigenvalue weighted by Gasteiger charge is -2.24. The molecule has 1 fully saturated rings. The number of nitrogens with zero attached hydrogens (tertiary/aromatic N) is 2. The predicted octanol–water partition coefficient (Wildman–Crippen LogP) is 2.55. The summed E-state index contributed by atoms with van der Waals surface area (Å²) in [4.78, 5) is 0. The molecule has 1 aliphatic carbocycles. The van der Waals surface area contributed by atoms with E-state index in [-0.39, 0.29) is 0 Å². The quantitative estimate of drug-likeness (QED) is 0.802. The molecule has 0 aromatic carbocycles. The van der Waals surface area contributed by atoms with Gasteiger partial charge in [-0.2, -0.15) is 0 Å². The Labute approximate surface area is 84.1 Å². The number of aromatic nitrogens is 2. The summed E-state index contributed by atoms with van der Waals surface area (Å²) < 4.78 is 5.51. The topological polar surface area (TPSA) is 51.0 Å². The normalized spacial score (nSPS) is 19.0. The van der Waals surface area contributed by atoms with Crippen LogP contribution in [0.4, 0.5) is 6.01 Å². The summed E-state index contributed by atoms with van der Waals surface area (Å²) in [7, 11) is 0. The summed E-state index contributed by atoms with van der Waals surface area (Å²) in [6.07, 6.45) is 4.79. The Balaban J connectivity index is 1.94. The SMILES string of the molecule is CCC(C)c1nnc(NC2CCC2)o1. The van der Waals surface area contributed by atoms with Gasteiger partial charge in [0.1, 0.15) is 0 Å². The second-order valence-corrected chi connectivity index (χ2v) is 4.03. The zero-order chi connectivity index (χ0) is 9.97. The highest BCUT2D eigenvalue weighted by Gasteiger charge is 2.20. The summed E-state index contributed by atoms with van der Waals surface area (Å²) in [6, 6.07) is 1.14. The maximum absolute atomic E-state index is 5.51. The minimum Gasteiger partial charge on any atom is -0.408 e. The summed E-state index contributed by atoms with van der Waals surface area (Å²) in [5.74, 6) is 1.11. The second kappa shape index (κ2) is 3.98. The van der Waals surface area contributed by atoms with Crippen LogP contribution in [0.25, 0.3) is 0 Å². The average molecular weight is 195 g/mol. The van der Waals surface area contributed by atoms with Crippen molar-refractivity contribution in [2.24, 2.45) is 0 Å². The van der Waals surface area contributed by atoms with Crippen LogP contribution in [0, 0.1) is 0 Å². The van der Waals surface area contributed by atoms with Gasteiger partial charge < -0.3 is 9.73 Å². The van der Waals surface area contributed by atoms with E-state index in [0.717, 1.165) is 12.3 Å². The molecule has 0 bridgehead atoms. The van der Waals surface area contributed by atoms with E-state index in [1.165, 1.54) is 19.3 Å². The van der Waals surface area contributed by atoms with E-state index in [1.807, 2.05) is 0 Å². The maximum atomic E-state index is 5.51. The van der Waals surface area contributed by atoms with Gasteiger partial charge in [0.25, 0.3) is 0 Å². The third kappa shape index (κ3) is 1.89. The minimum absolute atomic E-state index is 0.361. The van der Waals surface area contributed by atoms with Crippen LogP contribution >= 0.6 is 0 Å². The van der Waals surface area contributed by atoms with Crippen LogP contribution in [-0.4, -0.2) is 16.2 Å². The summed E-state index contributed by atoms with van der Waals surface area (Å²) in [5.41, 5.74) is 0. The first-order valence-corrected chi connectivity index (χ1v) is 5.39. The van der Waals surface area contributed by atoms with Gasteiger partial charge in [-0.1, -0.05) is 18.9 Å². The van der Waals surface area contributed by atoms with E-state index in [1.54, 1.807) is 0 Å². The Morgan fingerprint density at radius 3 is 2.86 bits per heavy atom. The molecule has 1 aliphatic rings. The Morgan fingerprint density at radius 2 is 2.29 bits per heavy atom. The van der Waals surface area contributed by atoms with Crippen LogP contribution in [-0.2, 0) is 0 Å². The molecule has 1 aromatic heterocycles. The van der Waals surface area contributed by atoms with Gasteiger partial charge in [-0.25, -0.2) is 0 Å². The molecule has 78 valence electrons. The van der Waals surface area contributed by atoms with E-state index in [9.17, 15) is 0 Å². The lowest BCUT2D eigenvalue weighted by molar-refractivity contribution is 0.414. The molecule has 0 radical (unpaired) electrons. The van der Waals surface area contributed by atoms with Gasteiger partial charge in [0, 0.05) is 12.0 Å². The Morgan fingerprint density at radius 1 is 1.50 bits per heavy atom. The average Bonchev–Trinajstić information content (AvgIpc) is 2.58. The molecule has 1 saturated carbocycles. The van der Waals surface area contributed by atoms with Crippen LogP contribution in [0.15, 0.2) is 4.42 Å². The molecule has 0 aliphatic heterocycles. The third-order valence-electron chi connectivity index (χ3n) is 2.91. The van der Waals surface area contributed by atoms with Gasteiger partial charge >= 0.3 is 6.01 Å². The van der Waals surface area contributed by atoms with E-state index < -0.39 is 0 Å². The highest BCUT2D eigenvalue weighted by molar-refractivity contribution is 5.21. The standard InChI is InChI=1S/C10H17N3O/c1-3-7(2)9-12-13-10(14-9)11-8-5-4-6-8/h7-8H,3-6H2,1-2H3,(H,11,13). The first kappa shape index (κ1) is 9.49. The smallest absolute Gasteiger partial charge is 0.315 e. The van der Waals surface area contributed by atoms with Gasteiger partial charge in [-0.05, 0) is 25.7 Å². The molecule has 4 nitrogen and oxygen atoms in total. The van der Waals surface area contributed by atoms with Gasteiger partial charge in [0.15, 0.2) is 0 Å². The number of anilines is 1. The number of hydrogen-bond donors (Lipinski definition) is 1. The van der Waals surface area contributed by atoms with Crippen molar-refractivity contribution >= 4 is 6.01 Å². The Hall–Kier alpha value is -1.06.